The molecule has 0 radical (unpaired) electrons. The number of aryl methyl sites for hydroxylation is 1. The summed E-state index contributed by atoms with van der Waals surface area (Å²) in [6.07, 6.45) is 5.04. The molecule has 0 fully saturated rings. The van der Waals surface area contributed by atoms with Crippen molar-refractivity contribution in [2.45, 2.75) is 31.8 Å². The number of para-hydroxylation sites is 2. The Labute approximate surface area is 169 Å². The van der Waals surface area contributed by atoms with Crippen molar-refractivity contribution in [3.05, 3.63) is 71.5 Å². The van der Waals surface area contributed by atoms with Crippen LogP contribution in [0.2, 0.25) is 0 Å². The van der Waals surface area contributed by atoms with E-state index in [2.05, 4.69) is 39.1 Å². The number of hydrogen-bond acceptors (Lipinski definition) is 2. The molecule has 5 rings (SSSR count). The average molecular weight is 387 g/mol. The van der Waals surface area contributed by atoms with Crippen molar-refractivity contribution >= 4 is 27.7 Å². The van der Waals surface area contributed by atoms with Gasteiger partial charge in [-0.2, -0.15) is 0 Å². The predicted molar refractivity (Wildman–Crippen MR) is 115 cm³/mol. The van der Waals surface area contributed by atoms with Crippen LogP contribution in [0.4, 0.5) is 0 Å². The van der Waals surface area contributed by atoms with Crippen LogP contribution in [-0.4, -0.2) is 29.2 Å². The number of aromatic nitrogens is 2. The lowest BCUT2D eigenvalue weighted by Crippen LogP contribution is -2.31. The van der Waals surface area contributed by atoms with E-state index in [1.54, 1.807) is 7.11 Å². The van der Waals surface area contributed by atoms with E-state index in [9.17, 15) is 4.79 Å². The zero-order valence-electron chi connectivity index (χ0n) is 16.6. The number of nitrogens with zero attached hydrogens (tertiary/aromatic N) is 1. The SMILES string of the molecule is COCCn1cc(C(=O)N[C@H]2CCCc3c2[nH]c2ccccc32)c2ccccc21. The minimum Gasteiger partial charge on any atom is -0.383 e. The highest BCUT2D eigenvalue weighted by Gasteiger charge is 2.26. The van der Waals surface area contributed by atoms with Gasteiger partial charge in [-0.15, -0.1) is 0 Å². The fourth-order valence-electron chi connectivity index (χ4n) is 4.60. The molecule has 0 bridgehead atoms. The fourth-order valence-corrected chi connectivity index (χ4v) is 4.60. The van der Waals surface area contributed by atoms with Crippen molar-refractivity contribution < 1.29 is 9.53 Å². The molecule has 2 heterocycles. The molecule has 0 unspecified atom stereocenters. The Bertz CT molecular complexity index is 1190. The van der Waals surface area contributed by atoms with E-state index >= 15 is 0 Å². The molecule has 29 heavy (non-hydrogen) atoms. The number of methoxy groups -OCH3 is 1. The molecule has 1 aliphatic carbocycles. The van der Waals surface area contributed by atoms with Gasteiger partial charge >= 0.3 is 0 Å². The summed E-state index contributed by atoms with van der Waals surface area (Å²) in [5.41, 5.74) is 5.44. The largest absolute Gasteiger partial charge is 0.383 e. The van der Waals surface area contributed by atoms with Gasteiger partial charge in [-0.3, -0.25) is 4.79 Å². The van der Waals surface area contributed by atoms with Crippen LogP contribution >= 0.6 is 0 Å². The standard InChI is InChI=1S/C24H25N3O2/c1-29-14-13-27-15-19(17-8-3-5-12-22(17)27)24(28)26-21-11-6-9-18-16-7-2-4-10-20(16)25-23(18)21/h2-5,7-8,10,12,15,21,25H,6,9,11,13-14H2,1H3,(H,26,28)/t21-/m0/s1. The maximum atomic E-state index is 13.3. The highest BCUT2D eigenvalue weighted by Crippen LogP contribution is 2.35. The van der Waals surface area contributed by atoms with E-state index in [1.807, 2.05) is 30.5 Å². The second kappa shape index (κ2) is 7.41. The number of carbonyl (C=O) groups is 1. The molecule has 2 aromatic carbocycles. The second-order valence-corrected chi connectivity index (χ2v) is 7.73. The lowest BCUT2D eigenvalue weighted by atomic mass is 9.91. The molecule has 0 spiro atoms. The van der Waals surface area contributed by atoms with Crippen molar-refractivity contribution in [3.63, 3.8) is 0 Å². The summed E-state index contributed by atoms with van der Waals surface area (Å²) >= 11 is 0. The number of amides is 1. The molecule has 0 aliphatic heterocycles. The van der Waals surface area contributed by atoms with Crippen LogP contribution in [0.3, 0.4) is 0 Å². The molecule has 148 valence electrons. The number of benzene rings is 2. The first kappa shape index (κ1) is 18.0. The van der Waals surface area contributed by atoms with Gasteiger partial charge in [0.2, 0.25) is 0 Å². The Morgan fingerprint density at radius 2 is 1.97 bits per heavy atom. The van der Waals surface area contributed by atoms with Crippen molar-refractivity contribution in [3.8, 4) is 0 Å². The monoisotopic (exact) mass is 387 g/mol. The number of H-pyrrole nitrogens is 1. The Morgan fingerprint density at radius 3 is 2.83 bits per heavy atom. The van der Waals surface area contributed by atoms with Crippen LogP contribution in [-0.2, 0) is 17.7 Å². The van der Waals surface area contributed by atoms with Gasteiger partial charge in [0.15, 0.2) is 0 Å². The minimum atomic E-state index is -0.0196. The third-order valence-corrected chi connectivity index (χ3v) is 5.99. The number of hydrogen-bond donors (Lipinski definition) is 2. The molecule has 1 amide bonds. The van der Waals surface area contributed by atoms with Gasteiger partial charge in [0.1, 0.15) is 0 Å². The second-order valence-electron chi connectivity index (χ2n) is 7.73. The summed E-state index contributed by atoms with van der Waals surface area (Å²) in [7, 11) is 1.69. The van der Waals surface area contributed by atoms with Crippen LogP contribution < -0.4 is 5.32 Å². The first-order valence-corrected chi connectivity index (χ1v) is 10.2. The first-order chi connectivity index (χ1) is 14.3. The van der Waals surface area contributed by atoms with E-state index < -0.39 is 0 Å². The number of aromatic amines is 1. The van der Waals surface area contributed by atoms with E-state index in [0.29, 0.717) is 6.61 Å². The number of carbonyl (C=O) groups excluding carboxylic acids is 1. The molecular formula is C24H25N3O2. The normalized spacial score (nSPS) is 16.2. The van der Waals surface area contributed by atoms with E-state index in [1.165, 1.54) is 10.9 Å². The van der Waals surface area contributed by atoms with Crippen LogP contribution in [0.15, 0.2) is 54.7 Å². The van der Waals surface area contributed by atoms with Crippen LogP contribution in [0, 0.1) is 0 Å². The molecule has 5 nitrogen and oxygen atoms in total. The zero-order valence-corrected chi connectivity index (χ0v) is 16.6. The third kappa shape index (κ3) is 3.12. The molecule has 1 aliphatic rings. The predicted octanol–water partition coefficient (Wildman–Crippen LogP) is 4.58. The molecular weight excluding hydrogens is 362 g/mol. The Hall–Kier alpha value is -3.05. The van der Waals surface area contributed by atoms with E-state index in [-0.39, 0.29) is 11.9 Å². The Balaban J connectivity index is 1.47. The Morgan fingerprint density at radius 1 is 1.17 bits per heavy atom. The van der Waals surface area contributed by atoms with Gasteiger partial charge in [0, 0.05) is 47.4 Å². The van der Waals surface area contributed by atoms with Crippen molar-refractivity contribution in [1.29, 1.82) is 0 Å². The molecule has 0 saturated carbocycles. The topological polar surface area (TPSA) is 59.0 Å². The first-order valence-electron chi connectivity index (χ1n) is 10.2. The number of nitrogens with one attached hydrogen (secondary N) is 2. The van der Waals surface area contributed by atoms with Crippen molar-refractivity contribution in [2.75, 3.05) is 13.7 Å². The molecule has 0 saturated heterocycles. The van der Waals surface area contributed by atoms with Crippen molar-refractivity contribution in [2.24, 2.45) is 0 Å². The highest BCUT2D eigenvalue weighted by atomic mass is 16.5. The van der Waals surface area contributed by atoms with Gasteiger partial charge in [0.25, 0.3) is 5.91 Å². The zero-order chi connectivity index (χ0) is 19.8. The number of ether oxygens (including phenoxy) is 1. The molecule has 4 aromatic rings. The molecule has 1 atom stereocenters. The van der Waals surface area contributed by atoms with Gasteiger partial charge in [-0.05, 0) is 37.0 Å². The van der Waals surface area contributed by atoms with Gasteiger partial charge in [-0.1, -0.05) is 36.4 Å². The number of fused-ring (bicyclic) bond motifs is 4. The molecule has 2 N–H and O–H groups in total. The van der Waals surface area contributed by atoms with Crippen LogP contribution in [0.1, 0.15) is 40.5 Å². The van der Waals surface area contributed by atoms with E-state index in [0.717, 1.165) is 53.5 Å². The molecule has 2 aromatic heterocycles. The average Bonchev–Trinajstić information content (AvgIpc) is 3.32. The lowest BCUT2D eigenvalue weighted by Gasteiger charge is -2.23. The fraction of sp³-hybridized carbons (Fsp3) is 0.292. The maximum absolute atomic E-state index is 13.3. The highest BCUT2D eigenvalue weighted by molar-refractivity contribution is 6.07. The van der Waals surface area contributed by atoms with Gasteiger partial charge < -0.3 is 19.6 Å². The van der Waals surface area contributed by atoms with Gasteiger partial charge in [0.05, 0.1) is 18.2 Å². The number of rotatable bonds is 5. The summed E-state index contributed by atoms with van der Waals surface area (Å²) in [5.74, 6) is -0.0196. The summed E-state index contributed by atoms with van der Waals surface area (Å²) in [4.78, 5) is 16.8. The quantitative estimate of drug-likeness (QED) is 0.527. The van der Waals surface area contributed by atoms with Crippen molar-refractivity contribution in [1.82, 2.24) is 14.9 Å². The smallest absolute Gasteiger partial charge is 0.253 e. The van der Waals surface area contributed by atoms with Crippen LogP contribution in [0.25, 0.3) is 21.8 Å². The summed E-state index contributed by atoms with van der Waals surface area (Å²) in [6.45, 7) is 1.33. The minimum absolute atomic E-state index is 0.0136. The molecule has 5 heteroatoms. The van der Waals surface area contributed by atoms with Gasteiger partial charge in [-0.25, -0.2) is 0 Å². The van der Waals surface area contributed by atoms with Crippen LogP contribution in [0.5, 0.6) is 0 Å². The van der Waals surface area contributed by atoms with E-state index in [4.69, 9.17) is 4.74 Å². The third-order valence-electron chi connectivity index (χ3n) is 5.99. The maximum Gasteiger partial charge on any atom is 0.253 e. The lowest BCUT2D eigenvalue weighted by molar-refractivity contribution is 0.0933. The Kier molecular flexibility index (Phi) is 4.60. The summed E-state index contributed by atoms with van der Waals surface area (Å²) in [6, 6.07) is 16.5. The summed E-state index contributed by atoms with van der Waals surface area (Å²) in [5, 5.41) is 5.56. The summed E-state index contributed by atoms with van der Waals surface area (Å²) < 4.78 is 7.33.